The summed E-state index contributed by atoms with van der Waals surface area (Å²) in [6.07, 6.45) is 8.08. The molecular weight excluding hydrogens is 426 g/mol. The van der Waals surface area contributed by atoms with Gasteiger partial charge in [0.05, 0.1) is 29.7 Å². The van der Waals surface area contributed by atoms with E-state index in [-0.39, 0.29) is 24.2 Å². The van der Waals surface area contributed by atoms with Crippen molar-refractivity contribution >= 4 is 17.5 Å². The van der Waals surface area contributed by atoms with Crippen LogP contribution in [0.25, 0.3) is 11.1 Å². The van der Waals surface area contributed by atoms with Crippen molar-refractivity contribution in [3.05, 3.63) is 52.4 Å². The number of anilines is 1. The van der Waals surface area contributed by atoms with Gasteiger partial charge in [0.15, 0.2) is 5.82 Å². The average molecular weight is 456 g/mol. The fourth-order valence-corrected chi connectivity index (χ4v) is 4.56. The Labute approximate surface area is 192 Å². The normalized spacial score (nSPS) is 19.6. The summed E-state index contributed by atoms with van der Waals surface area (Å²) in [6.45, 7) is 3.93. The van der Waals surface area contributed by atoms with E-state index in [0.29, 0.717) is 18.7 Å². The number of nitrogens with zero attached hydrogens (tertiary/aromatic N) is 3. The summed E-state index contributed by atoms with van der Waals surface area (Å²) in [5, 5.41) is 17.5. The molecule has 4 rings (SSSR count). The molecular formula is C23H29N5O5. The molecule has 176 valence electrons. The van der Waals surface area contributed by atoms with Crippen LogP contribution in [0.15, 0.2) is 41.1 Å². The third kappa shape index (κ3) is 5.27. The highest BCUT2D eigenvalue weighted by Gasteiger charge is 2.31. The Kier molecular flexibility index (Phi) is 6.81. The molecule has 0 aromatic rings. The molecule has 2 N–H and O–H groups in total. The first kappa shape index (κ1) is 22.6. The van der Waals surface area contributed by atoms with Crippen molar-refractivity contribution in [3.63, 3.8) is 0 Å². The lowest BCUT2D eigenvalue weighted by Crippen LogP contribution is -2.49. The second-order valence-corrected chi connectivity index (χ2v) is 8.62. The Morgan fingerprint density at radius 2 is 2.03 bits per heavy atom. The Morgan fingerprint density at radius 1 is 1.27 bits per heavy atom. The molecule has 2 fully saturated rings. The number of likely N-dealkylation sites (tertiary alicyclic amines) is 2. The van der Waals surface area contributed by atoms with E-state index in [1.807, 2.05) is 13.0 Å². The molecule has 2 amide bonds. The number of aryl methyl sites for hydroxylation is 1. The monoisotopic (exact) mass is 455 g/mol. The van der Waals surface area contributed by atoms with Crippen molar-refractivity contribution in [1.29, 1.82) is 0 Å². The minimum Gasteiger partial charge on any atom is -0.472 e. The molecule has 33 heavy (non-hydrogen) atoms. The second kappa shape index (κ2) is 9.93. The van der Waals surface area contributed by atoms with Crippen molar-refractivity contribution < 1.29 is 18.9 Å². The van der Waals surface area contributed by atoms with Gasteiger partial charge in [-0.2, -0.15) is 0 Å². The first-order valence-corrected chi connectivity index (χ1v) is 11.3. The van der Waals surface area contributed by atoms with Gasteiger partial charge in [0.2, 0.25) is 11.8 Å². The maximum atomic E-state index is 13.3. The van der Waals surface area contributed by atoms with Crippen molar-refractivity contribution in [2.24, 2.45) is 0 Å². The highest BCUT2D eigenvalue weighted by Crippen LogP contribution is 2.36. The number of rotatable bonds is 7. The van der Waals surface area contributed by atoms with Crippen LogP contribution >= 0.6 is 0 Å². The van der Waals surface area contributed by atoms with E-state index in [4.69, 9.17) is 4.42 Å². The predicted molar refractivity (Wildman–Crippen MR) is 122 cm³/mol. The summed E-state index contributed by atoms with van der Waals surface area (Å²) in [7, 11) is 0. The SMILES string of the molecule is Cc1cc2coccc-2c1NC(=C[N+](=O)[O-])N[C@H]1CCCCN(CC(=O)N2CCCC2)C1=O. The van der Waals surface area contributed by atoms with E-state index < -0.39 is 11.0 Å². The van der Waals surface area contributed by atoms with Crippen LogP contribution in [-0.4, -0.2) is 58.8 Å². The van der Waals surface area contributed by atoms with Crippen LogP contribution in [-0.2, 0) is 9.59 Å². The number of hydrogen-bond donors (Lipinski definition) is 2. The number of carbonyl (C=O) groups is 2. The quantitative estimate of drug-likeness (QED) is 0.486. The van der Waals surface area contributed by atoms with E-state index in [2.05, 4.69) is 10.6 Å². The number of amides is 2. The summed E-state index contributed by atoms with van der Waals surface area (Å²) in [4.78, 5) is 40.0. The van der Waals surface area contributed by atoms with Gasteiger partial charge in [-0.1, -0.05) is 0 Å². The van der Waals surface area contributed by atoms with Gasteiger partial charge in [-0.05, 0) is 56.7 Å². The van der Waals surface area contributed by atoms with Crippen LogP contribution in [0, 0.1) is 17.0 Å². The molecule has 0 aromatic heterocycles. The molecule has 0 bridgehead atoms. The van der Waals surface area contributed by atoms with Gasteiger partial charge >= 0.3 is 0 Å². The van der Waals surface area contributed by atoms with Gasteiger partial charge in [0, 0.05) is 30.8 Å². The topological polar surface area (TPSA) is 121 Å². The van der Waals surface area contributed by atoms with Gasteiger partial charge in [-0.3, -0.25) is 19.7 Å². The van der Waals surface area contributed by atoms with Gasteiger partial charge in [0.1, 0.15) is 6.04 Å². The first-order valence-electron chi connectivity index (χ1n) is 11.3. The summed E-state index contributed by atoms with van der Waals surface area (Å²) in [5.74, 6) is -0.119. The van der Waals surface area contributed by atoms with E-state index >= 15 is 0 Å². The molecule has 3 aliphatic heterocycles. The second-order valence-electron chi connectivity index (χ2n) is 8.62. The highest BCUT2D eigenvalue weighted by molar-refractivity contribution is 5.88. The number of hydrogen-bond acceptors (Lipinski definition) is 7. The zero-order valence-electron chi connectivity index (χ0n) is 18.7. The fourth-order valence-electron chi connectivity index (χ4n) is 4.56. The van der Waals surface area contributed by atoms with Crippen LogP contribution in [0.2, 0.25) is 0 Å². The van der Waals surface area contributed by atoms with Crippen molar-refractivity contribution in [1.82, 2.24) is 15.1 Å². The van der Waals surface area contributed by atoms with Gasteiger partial charge < -0.3 is 24.9 Å². The summed E-state index contributed by atoms with van der Waals surface area (Å²) in [5.41, 5.74) is 3.34. The maximum absolute atomic E-state index is 13.3. The molecule has 0 saturated carbocycles. The zero-order valence-corrected chi connectivity index (χ0v) is 18.7. The molecule has 0 unspecified atom stereocenters. The van der Waals surface area contributed by atoms with Gasteiger partial charge in [0.25, 0.3) is 6.20 Å². The van der Waals surface area contributed by atoms with Crippen molar-refractivity contribution in [2.75, 3.05) is 31.5 Å². The summed E-state index contributed by atoms with van der Waals surface area (Å²) in [6, 6.07) is 3.05. The van der Waals surface area contributed by atoms with Crippen LogP contribution in [0.1, 0.15) is 37.7 Å². The summed E-state index contributed by atoms with van der Waals surface area (Å²) >= 11 is 0. The van der Waals surface area contributed by atoms with Crippen LogP contribution in [0.4, 0.5) is 5.69 Å². The molecule has 3 heterocycles. The lowest BCUT2D eigenvalue weighted by molar-refractivity contribution is -0.403. The number of nitro groups is 1. The van der Waals surface area contributed by atoms with Gasteiger partial charge in [-0.15, -0.1) is 0 Å². The molecule has 2 saturated heterocycles. The molecule has 0 aromatic carbocycles. The van der Waals surface area contributed by atoms with Crippen LogP contribution < -0.4 is 10.6 Å². The molecule has 0 radical (unpaired) electrons. The largest absolute Gasteiger partial charge is 0.472 e. The molecule has 0 spiro atoms. The minimum atomic E-state index is -0.658. The van der Waals surface area contributed by atoms with E-state index in [0.717, 1.165) is 61.7 Å². The van der Waals surface area contributed by atoms with Crippen LogP contribution in [0.5, 0.6) is 0 Å². The third-order valence-electron chi connectivity index (χ3n) is 6.24. The van der Waals surface area contributed by atoms with Crippen molar-refractivity contribution in [2.45, 2.75) is 45.1 Å². The lowest BCUT2D eigenvalue weighted by Gasteiger charge is -2.27. The van der Waals surface area contributed by atoms with E-state index in [1.165, 1.54) is 0 Å². The predicted octanol–water partition coefficient (Wildman–Crippen LogP) is 2.77. The Bertz CT molecular complexity index is 1030. The van der Waals surface area contributed by atoms with E-state index in [1.54, 1.807) is 28.4 Å². The molecule has 1 aliphatic carbocycles. The number of fused-ring (bicyclic) bond motifs is 1. The number of nitrogens with one attached hydrogen (secondary N) is 2. The minimum absolute atomic E-state index is 0.0371. The fraction of sp³-hybridized carbons (Fsp3) is 0.478. The van der Waals surface area contributed by atoms with E-state index in [9.17, 15) is 19.7 Å². The Hall–Kier alpha value is -3.56. The molecule has 10 heteroatoms. The molecule has 4 aliphatic rings. The zero-order chi connectivity index (χ0) is 23.4. The maximum Gasteiger partial charge on any atom is 0.274 e. The lowest BCUT2D eigenvalue weighted by atomic mass is 10.1. The standard InChI is InChI=1S/C23H29N5O5/c1-16-12-17-15-33-11-7-18(17)22(16)25-20(13-28(31)32)24-19-6-2-3-10-27(23(19)30)14-21(29)26-8-4-5-9-26/h7,11-13,15,19,24-25H,2-6,8-10,14H2,1H3/t19-/m0/s1. The average Bonchev–Trinajstić information content (AvgIpc) is 3.38. The number of carbonyl (C=O) groups excluding carboxylic acids is 2. The first-order chi connectivity index (χ1) is 15.9. The Balaban J connectivity index is 1.50. The molecule has 1 atom stereocenters. The summed E-state index contributed by atoms with van der Waals surface area (Å²) < 4.78 is 5.21. The third-order valence-corrected chi connectivity index (χ3v) is 6.24. The van der Waals surface area contributed by atoms with Crippen molar-refractivity contribution in [3.8, 4) is 11.1 Å². The van der Waals surface area contributed by atoms with Gasteiger partial charge in [-0.25, -0.2) is 0 Å². The Morgan fingerprint density at radius 3 is 2.79 bits per heavy atom. The van der Waals surface area contributed by atoms with Crippen LogP contribution in [0.3, 0.4) is 0 Å². The smallest absolute Gasteiger partial charge is 0.274 e. The molecule has 10 nitrogen and oxygen atoms in total. The highest BCUT2D eigenvalue weighted by atomic mass is 16.6.